The van der Waals surface area contributed by atoms with Gasteiger partial charge in [-0.1, -0.05) is 34.8 Å². The number of hydrogen-bond donors (Lipinski definition) is 1. The number of rotatable bonds is 5. The lowest BCUT2D eigenvalue weighted by Gasteiger charge is -2.20. The maximum Gasteiger partial charge on any atom is 0.259 e. The summed E-state index contributed by atoms with van der Waals surface area (Å²) in [6.45, 7) is 3.94. The average Bonchev–Trinajstić information content (AvgIpc) is 2.98. The van der Waals surface area contributed by atoms with Crippen LogP contribution in [0.3, 0.4) is 0 Å². The van der Waals surface area contributed by atoms with E-state index in [9.17, 15) is 9.59 Å². The monoisotopic (exact) mass is 444 g/mol. The first-order valence-electron chi connectivity index (χ1n) is 9.71. The molecule has 0 unspecified atom stereocenters. The second-order valence-corrected chi connectivity index (χ2v) is 7.73. The molecule has 1 heterocycles. The van der Waals surface area contributed by atoms with E-state index >= 15 is 0 Å². The van der Waals surface area contributed by atoms with Crippen molar-refractivity contribution >= 4 is 33.4 Å². The smallest absolute Gasteiger partial charge is 0.259 e. The number of carbonyl (C=O) groups is 2. The lowest BCUT2D eigenvalue weighted by atomic mass is 10.1. The number of ether oxygens (including phenoxy) is 1. The van der Waals surface area contributed by atoms with E-state index < -0.39 is 0 Å². The molecule has 3 rings (SSSR count). The Morgan fingerprint density at radius 2 is 1.82 bits per heavy atom. The molecule has 1 N–H and O–H groups in total. The summed E-state index contributed by atoms with van der Waals surface area (Å²) in [5, 5.41) is 2.88. The van der Waals surface area contributed by atoms with Crippen LogP contribution in [0.15, 0.2) is 46.9 Å². The summed E-state index contributed by atoms with van der Waals surface area (Å²) in [4.78, 5) is 27.5. The van der Waals surface area contributed by atoms with Crippen molar-refractivity contribution in [2.45, 2.75) is 32.6 Å². The fourth-order valence-electron chi connectivity index (χ4n) is 3.35. The molecule has 1 fully saturated rings. The first kappa shape index (κ1) is 20.4. The highest BCUT2D eigenvalue weighted by atomic mass is 79.9. The Hall–Kier alpha value is -2.34. The van der Waals surface area contributed by atoms with Crippen molar-refractivity contribution in [2.75, 3.05) is 25.0 Å². The summed E-state index contributed by atoms with van der Waals surface area (Å²) in [6.07, 6.45) is 4.44. The molecule has 0 spiro atoms. The van der Waals surface area contributed by atoms with E-state index in [1.165, 1.54) is 12.8 Å². The minimum atomic E-state index is -0.274. The van der Waals surface area contributed by atoms with Crippen LogP contribution in [0, 0.1) is 0 Å². The van der Waals surface area contributed by atoms with Crippen molar-refractivity contribution < 1.29 is 14.3 Å². The summed E-state index contributed by atoms with van der Waals surface area (Å²) in [5.41, 5.74) is 1.63. The summed E-state index contributed by atoms with van der Waals surface area (Å²) < 4.78 is 6.36. The minimum Gasteiger partial charge on any atom is -0.493 e. The number of nitrogens with zero attached hydrogens (tertiary/aromatic N) is 1. The van der Waals surface area contributed by atoms with Gasteiger partial charge in [-0.15, -0.1) is 0 Å². The van der Waals surface area contributed by atoms with Crippen molar-refractivity contribution in [1.82, 2.24) is 4.90 Å². The zero-order valence-electron chi connectivity index (χ0n) is 16.0. The molecule has 2 amide bonds. The number of carbonyl (C=O) groups excluding carboxylic acids is 2. The highest BCUT2D eigenvalue weighted by Gasteiger charge is 2.18. The Morgan fingerprint density at radius 1 is 1.07 bits per heavy atom. The van der Waals surface area contributed by atoms with Crippen LogP contribution in [0.5, 0.6) is 5.75 Å². The second kappa shape index (κ2) is 9.73. The molecular formula is C22H25BrN2O3. The van der Waals surface area contributed by atoms with E-state index in [1.54, 1.807) is 36.4 Å². The van der Waals surface area contributed by atoms with Gasteiger partial charge in [0.25, 0.3) is 11.8 Å². The zero-order chi connectivity index (χ0) is 19.9. The molecule has 5 nitrogen and oxygen atoms in total. The van der Waals surface area contributed by atoms with Gasteiger partial charge in [-0.2, -0.15) is 0 Å². The third-order valence-electron chi connectivity index (χ3n) is 4.75. The molecule has 0 aromatic heterocycles. The van der Waals surface area contributed by atoms with Crippen molar-refractivity contribution in [1.29, 1.82) is 0 Å². The predicted molar refractivity (Wildman–Crippen MR) is 114 cm³/mol. The zero-order valence-corrected chi connectivity index (χ0v) is 17.6. The molecule has 0 aliphatic carbocycles. The molecule has 0 radical (unpaired) electrons. The normalized spacial score (nSPS) is 14.3. The quantitative estimate of drug-likeness (QED) is 0.696. The molecule has 0 saturated carbocycles. The number of halogens is 1. The van der Waals surface area contributed by atoms with E-state index in [1.807, 2.05) is 17.9 Å². The van der Waals surface area contributed by atoms with Crippen LogP contribution in [0.25, 0.3) is 0 Å². The number of likely N-dealkylation sites (tertiary alicyclic amines) is 1. The highest BCUT2D eigenvalue weighted by Crippen LogP contribution is 2.25. The lowest BCUT2D eigenvalue weighted by Crippen LogP contribution is -2.31. The van der Waals surface area contributed by atoms with Crippen LogP contribution < -0.4 is 10.1 Å². The number of benzene rings is 2. The Bertz CT molecular complexity index is 845. The van der Waals surface area contributed by atoms with Gasteiger partial charge in [-0.3, -0.25) is 9.59 Å². The van der Waals surface area contributed by atoms with Crippen molar-refractivity contribution in [2.24, 2.45) is 0 Å². The van der Waals surface area contributed by atoms with Crippen LogP contribution in [0.1, 0.15) is 53.3 Å². The van der Waals surface area contributed by atoms with Gasteiger partial charge in [0.2, 0.25) is 0 Å². The van der Waals surface area contributed by atoms with Gasteiger partial charge in [0.05, 0.1) is 12.2 Å². The SMILES string of the molecule is CCOc1ccc(Br)cc1C(=O)Nc1cccc(C(=O)N2CCCCCC2)c1. The molecule has 148 valence electrons. The van der Waals surface area contributed by atoms with Gasteiger partial charge in [0, 0.05) is 28.8 Å². The highest BCUT2D eigenvalue weighted by molar-refractivity contribution is 9.10. The number of amides is 2. The topological polar surface area (TPSA) is 58.6 Å². The fraction of sp³-hybridized carbons (Fsp3) is 0.364. The fourth-order valence-corrected chi connectivity index (χ4v) is 3.71. The van der Waals surface area contributed by atoms with Gasteiger partial charge in [0.1, 0.15) is 5.75 Å². The van der Waals surface area contributed by atoms with E-state index in [0.717, 1.165) is 30.4 Å². The molecule has 1 aliphatic rings. The van der Waals surface area contributed by atoms with Crippen LogP contribution in [-0.4, -0.2) is 36.4 Å². The van der Waals surface area contributed by atoms with Crippen LogP contribution >= 0.6 is 15.9 Å². The first-order chi connectivity index (χ1) is 13.6. The lowest BCUT2D eigenvalue weighted by molar-refractivity contribution is 0.0761. The third kappa shape index (κ3) is 5.13. The molecule has 6 heteroatoms. The Balaban J connectivity index is 1.76. The van der Waals surface area contributed by atoms with E-state index in [2.05, 4.69) is 21.2 Å². The Labute approximate surface area is 174 Å². The summed E-state index contributed by atoms with van der Waals surface area (Å²) in [6, 6.07) is 12.5. The van der Waals surface area contributed by atoms with Gasteiger partial charge in [-0.05, 0) is 56.2 Å². The van der Waals surface area contributed by atoms with Gasteiger partial charge < -0.3 is 15.0 Å². The molecule has 1 saturated heterocycles. The molecule has 0 atom stereocenters. The predicted octanol–water partition coefficient (Wildman–Crippen LogP) is 5.12. The number of nitrogens with one attached hydrogen (secondary N) is 1. The third-order valence-corrected chi connectivity index (χ3v) is 5.24. The van der Waals surface area contributed by atoms with Crippen LogP contribution in [0.2, 0.25) is 0 Å². The summed E-state index contributed by atoms with van der Waals surface area (Å²) in [5.74, 6) is 0.277. The van der Waals surface area contributed by atoms with Gasteiger partial charge in [0.15, 0.2) is 0 Å². The Kier molecular flexibility index (Phi) is 7.09. The maximum atomic E-state index is 12.8. The Morgan fingerprint density at radius 3 is 2.54 bits per heavy atom. The van der Waals surface area contributed by atoms with E-state index in [4.69, 9.17) is 4.74 Å². The maximum absolute atomic E-state index is 12.8. The van der Waals surface area contributed by atoms with E-state index in [-0.39, 0.29) is 11.8 Å². The summed E-state index contributed by atoms with van der Waals surface area (Å²) >= 11 is 3.40. The minimum absolute atomic E-state index is 0.0236. The largest absolute Gasteiger partial charge is 0.493 e. The standard InChI is InChI=1S/C22H25BrN2O3/c1-2-28-20-11-10-17(23)15-19(20)21(26)24-18-9-7-8-16(14-18)22(27)25-12-5-3-4-6-13-25/h7-11,14-15H,2-6,12-13H2,1H3,(H,24,26). The number of hydrogen-bond acceptors (Lipinski definition) is 3. The van der Waals surface area contributed by atoms with Gasteiger partial charge >= 0.3 is 0 Å². The average molecular weight is 445 g/mol. The summed E-state index contributed by atoms with van der Waals surface area (Å²) in [7, 11) is 0. The van der Waals surface area contributed by atoms with Crippen LogP contribution in [0.4, 0.5) is 5.69 Å². The molecule has 28 heavy (non-hydrogen) atoms. The first-order valence-corrected chi connectivity index (χ1v) is 10.5. The molecular weight excluding hydrogens is 420 g/mol. The molecule has 1 aliphatic heterocycles. The molecule has 2 aromatic rings. The molecule has 0 bridgehead atoms. The molecule has 2 aromatic carbocycles. The van der Waals surface area contributed by atoms with Crippen LogP contribution in [-0.2, 0) is 0 Å². The second-order valence-electron chi connectivity index (χ2n) is 6.81. The van der Waals surface area contributed by atoms with E-state index in [0.29, 0.717) is 29.2 Å². The van der Waals surface area contributed by atoms with Crippen molar-refractivity contribution in [3.63, 3.8) is 0 Å². The number of anilines is 1. The van der Waals surface area contributed by atoms with Crippen molar-refractivity contribution in [3.05, 3.63) is 58.1 Å². The van der Waals surface area contributed by atoms with Gasteiger partial charge in [-0.25, -0.2) is 0 Å². The van der Waals surface area contributed by atoms with Crippen molar-refractivity contribution in [3.8, 4) is 5.75 Å².